The van der Waals surface area contributed by atoms with E-state index in [0.29, 0.717) is 21.4 Å². The van der Waals surface area contributed by atoms with Gasteiger partial charge in [0.05, 0.1) is 5.56 Å². The van der Waals surface area contributed by atoms with Crippen LogP contribution in [0.3, 0.4) is 0 Å². The number of esters is 1. The molecule has 0 unspecified atom stereocenters. The molecule has 4 heteroatoms. The van der Waals surface area contributed by atoms with Crippen LogP contribution in [0.25, 0.3) is 0 Å². The van der Waals surface area contributed by atoms with Crippen molar-refractivity contribution >= 4 is 29.2 Å². The molecule has 92 valence electrons. The van der Waals surface area contributed by atoms with E-state index in [-0.39, 0.29) is 0 Å². The Balaban J connectivity index is 2.18. The summed E-state index contributed by atoms with van der Waals surface area (Å²) in [6.45, 7) is 1.83. The lowest BCUT2D eigenvalue weighted by Crippen LogP contribution is -2.08. The number of halogens is 2. The molecule has 0 fully saturated rings. The SMILES string of the molecule is Cc1cc(Cl)ccc1OC(=O)c1ccc(Cl)cc1. The van der Waals surface area contributed by atoms with Crippen LogP contribution in [-0.4, -0.2) is 5.97 Å². The normalized spacial score (nSPS) is 10.2. The first kappa shape index (κ1) is 12.9. The first-order chi connectivity index (χ1) is 8.56. The summed E-state index contributed by atoms with van der Waals surface area (Å²) < 4.78 is 5.29. The largest absolute Gasteiger partial charge is 0.423 e. The van der Waals surface area contributed by atoms with Gasteiger partial charge in [-0.1, -0.05) is 23.2 Å². The zero-order valence-electron chi connectivity index (χ0n) is 9.61. The van der Waals surface area contributed by atoms with Gasteiger partial charge >= 0.3 is 5.97 Å². The van der Waals surface area contributed by atoms with Crippen LogP contribution in [0.4, 0.5) is 0 Å². The van der Waals surface area contributed by atoms with E-state index in [1.165, 1.54) is 0 Å². The Bertz CT molecular complexity index is 577. The highest BCUT2D eigenvalue weighted by atomic mass is 35.5. The molecule has 0 aromatic heterocycles. The Hall–Kier alpha value is -1.51. The molecule has 0 atom stereocenters. The smallest absolute Gasteiger partial charge is 0.343 e. The second-order valence-corrected chi connectivity index (χ2v) is 4.68. The number of ether oxygens (including phenoxy) is 1. The van der Waals surface area contributed by atoms with Gasteiger partial charge in [-0.05, 0) is 55.0 Å². The summed E-state index contributed by atoms with van der Waals surface area (Å²) in [6, 6.07) is 11.6. The van der Waals surface area contributed by atoms with Crippen molar-refractivity contribution in [3.05, 3.63) is 63.6 Å². The summed E-state index contributed by atoms with van der Waals surface area (Å²) in [4.78, 5) is 11.9. The lowest BCUT2D eigenvalue weighted by molar-refractivity contribution is 0.0733. The molecule has 0 amide bonds. The molecule has 0 aliphatic heterocycles. The number of hydrogen-bond acceptors (Lipinski definition) is 2. The van der Waals surface area contributed by atoms with Gasteiger partial charge in [-0.25, -0.2) is 4.79 Å². The molecule has 0 heterocycles. The summed E-state index contributed by atoms with van der Waals surface area (Å²) in [5.41, 5.74) is 1.26. The van der Waals surface area contributed by atoms with E-state index in [2.05, 4.69) is 0 Å². The van der Waals surface area contributed by atoms with Crippen LogP contribution in [0.5, 0.6) is 5.75 Å². The van der Waals surface area contributed by atoms with Crippen molar-refractivity contribution < 1.29 is 9.53 Å². The Morgan fingerprint density at radius 2 is 1.61 bits per heavy atom. The monoisotopic (exact) mass is 280 g/mol. The third-order valence-corrected chi connectivity index (χ3v) is 2.91. The van der Waals surface area contributed by atoms with E-state index >= 15 is 0 Å². The van der Waals surface area contributed by atoms with Crippen molar-refractivity contribution in [3.8, 4) is 5.75 Å². The van der Waals surface area contributed by atoms with Crippen LogP contribution >= 0.6 is 23.2 Å². The highest BCUT2D eigenvalue weighted by Gasteiger charge is 2.10. The van der Waals surface area contributed by atoms with Gasteiger partial charge in [-0.3, -0.25) is 0 Å². The minimum Gasteiger partial charge on any atom is -0.423 e. The third-order valence-electron chi connectivity index (χ3n) is 2.42. The fourth-order valence-electron chi connectivity index (χ4n) is 1.47. The first-order valence-corrected chi connectivity index (χ1v) is 6.06. The van der Waals surface area contributed by atoms with Crippen LogP contribution in [0.15, 0.2) is 42.5 Å². The van der Waals surface area contributed by atoms with E-state index in [1.54, 1.807) is 42.5 Å². The lowest BCUT2D eigenvalue weighted by atomic mass is 10.2. The molecule has 0 saturated carbocycles. The molecule has 0 aliphatic rings. The van der Waals surface area contributed by atoms with Gasteiger partial charge in [-0.15, -0.1) is 0 Å². The van der Waals surface area contributed by atoms with Crippen molar-refractivity contribution in [2.45, 2.75) is 6.92 Å². The molecule has 0 radical (unpaired) electrons. The molecule has 0 N–H and O–H groups in total. The predicted molar refractivity (Wildman–Crippen MR) is 72.6 cm³/mol. The Morgan fingerprint density at radius 3 is 2.22 bits per heavy atom. The summed E-state index contributed by atoms with van der Waals surface area (Å²) >= 11 is 11.6. The lowest BCUT2D eigenvalue weighted by Gasteiger charge is -2.07. The van der Waals surface area contributed by atoms with Gasteiger partial charge in [0.2, 0.25) is 0 Å². The zero-order valence-corrected chi connectivity index (χ0v) is 11.1. The van der Waals surface area contributed by atoms with Gasteiger partial charge in [-0.2, -0.15) is 0 Å². The third kappa shape index (κ3) is 3.03. The molecule has 0 bridgehead atoms. The van der Waals surface area contributed by atoms with Crippen molar-refractivity contribution in [1.29, 1.82) is 0 Å². The van der Waals surface area contributed by atoms with Crippen LogP contribution in [0.2, 0.25) is 10.0 Å². The van der Waals surface area contributed by atoms with E-state index < -0.39 is 5.97 Å². The molecule has 0 saturated heterocycles. The Kier molecular flexibility index (Phi) is 3.90. The number of carbonyl (C=O) groups is 1. The first-order valence-electron chi connectivity index (χ1n) is 5.30. The van der Waals surface area contributed by atoms with Gasteiger partial charge in [0.15, 0.2) is 0 Å². The standard InChI is InChI=1S/C14H10Cl2O2/c1-9-8-12(16)6-7-13(9)18-14(17)10-2-4-11(15)5-3-10/h2-8H,1H3. The molecule has 2 aromatic carbocycles. The maximum absolute atomic E-state index is 11.9. The number of hydrogen-bond donors (Lipinski definition) is 0. The highest BCUT2D eigenvalue weighted by Crippen LogP contribution is 2.23. The van der Waals surface area contributed by atoms with Crippen molar-refractivity contribution in [2.24, 2.45) is 0 Å². The Labute approximate surface area is 115 Å². The van der Waals surface area contributed by atoms with Crippen molar-refractivity contribution in [3.63, 3.8) is 0 Å². The van der Waals surface area contributed by atoms with Gasteiger partial charge in [0.1, 0.15) is 5.75 Å². The molecule has 0 aliphatic carbocycles. The predicted octanol–water partition coefficient (Wildman–Crippen LogP) is 4.52. The minimum atomic E-state index is -0.419. The highest BCUT2D eigenvalue weighted by molar-refractivity contribution is 6.31. The zero-order chi connectivity index (χ0) is 13.1. The van der Waals surface area contributed by atoms with Crippen LogP contribution in [-0.2, 0) is 0 Å². The fraction of sp³-hybridized carbons (Fsp3) is 0.0714. The van der Waals surface area contributed by atoms with Crippen LogP contribution in [0, 0.1) is 6.92 Å². The number of rotatable bonds is 2. The fourth-order valence-corrected chi connectivity index (χ4v) is 1.82. The molecular formula is C14H10Cl2O2. The molecule has 18 heavy (non-hydrogen) atoms. The maximum atomic E-state index is 11.9. The molecule has 2 nitrogen and oxygen atoms in total. The second-order valence-electron chi connectivity index (χ2n) is 3.81. The summed E-state index contributed by atoms with van der Waals surface area (Å²) in [5, 5.41) is 1.19. The summed E-state index contributed by atoms with van der Waals surface area (Å²) in [7, 11) is 0. The van der Waals surface area contributed by atoms with E-state index in [9.17, 15) is 4.79 Å². The van der Waals surface area contributed by atoms with Crippen LogP contribution < -0.4 is 4.74 Å². The number of carbonyl (C=O) groups excluding carboxylic acids is 1. The van der Waals surface area contributed by atoms with Gasteiger partial charge < -0.3 is 4.74 Å². The van der Waals surface area contributed by atoms with E-state index in [0.717, 1.165) is 5.56 Å². The van der Waals surface area contributed by atoms with Crippen LogP contribution in [0.1, 0.15) is 15.9 Å². The second kappa shape index (κ2) is 5.42. The molecule has 0 spiro atoms. The number of aryl methyl sites for hydroxylation is 1. The van der Waals surface area contributed by atoms with Gasteiger partial charge in [0.25, 0.3) is 0 Å². The number of benzene rings is 2. The van der Waals surface area contributed by atoms with E-state index in [4.69, 9.17) is 27.9 Å². The quantitative estimate of drug-likeness (QED) is 0.597. The van der Waals surface area contributed by atoms with E-state index in [1.807, 2.05) is 6.92 Å². The van der Waals surface area contributed by atoms with Crippen molar-refractivity contribution in [1.82, 2.24) is 0 Å². The molecule has 2 aromatic rings. The van der Waals surface area contributed by atoms with Gasteiger partial charge in [0, 0.05) is 10.0 Å². The molecular weight excluding hydrogens is 271 g/mol. The minimum absolute atomic E-state index is 0.419. The average molecular weight is 281 g/mol. The maximum Gasteiger partial charge on any atom is 0.343 e. The average Bonchev–Trinajstić information content (AvgIpc) is 2.33. The summed E-state index contributed by atoms with van der Waals surface area (Å²) in [6.07, 6.45) is 0. The topological polar surface area (TPSA) is 26.3 Å². The Morgan fingerprint density at radius 1 is 1.00 bits per heavy atom. The summed E-state index contributed by atoms with van der Waals surface area (Å²) in [5.74, 6) is 0.0800. The molecule has 2 rings (SSSR count). The van der Waals surface area contributed by atoms with Crippen molar-refractivity contribution in [2.75, 3.05) is 0 Å².